The molecule has 1 aliphatic rings. The summed E-state index contributed by atoms with van der Waals surface area (Å²) in [5.74, 6) is -0.0706. The second kappa shape index (κ2) is 7.90. The smallest absolute Gasteiger partial charge is 0.253 e. The van der Waals surface area contributed by atoms with Crippen molar-refractivity contribution in [3.8, 4) is 11.3 Å². The van der Waals surface area contributed by atoms with Gasteiger partial charge in [0.05, 0.1) is 23.1 Å². The van der Waals surface area contributed by atoms with Crippen LogP contribution in [0, 0.1) is 6.92 Å². The number of benzene rings is 1. The fourth-order valence-electron chi connectivity index (χ4n) is 2.92. The summed E-state index contributed by atoms with van der Waals surface area (Å²) in [6.45, 7) is 3.35. The van der Waals surface area contributed by atoms with E-state index in [1.807, 2.05) is 43.3 Å². The van der Waals surface area contributed by atoms with Crippen LogP contribution in [-0.2, 0) is 4.74 Å². The molecule has 1 aromatic heterocycles. The van der Waals surface area contributed by atoms with Gasteiger partial charge in [0.1, 0.15) is 0 Å². The summed E-state index contributed by atoms with van der Waals surface area (Å²) in [7, 11) is 0. The maximum atomic E-state index is 12.3. The van der Waals surface area contributed by atoms with Crippen molar-refractivity contribution in [2.75, 3.05) is 13.2 Å². The number of halogens is 1. The molecule has 24 heavy (non-hydrogen) atoms. The zero-order chi connectivity index (χ0) is 16.9. The molecule has 3 rings (SSSR count). The highest BCUT2D eigenvalue weighted by Crippen LogP contribution is 2.22. The van der Waals surface area contributed by atoms with Crippen molar-refractivity contribution in [3.63, 3.8) is 0 Å². The average molecular weight is 389 g/mol. The molecule has 0 aliphatic carbocycles. The Bertz CT molecular complexity index is 727. The highest BCUT2D eigenvalue weighted by atomic mass is 79.9. The minimum Gasteiger partial charge on any atom is -0.378 e. The van der Waals surface area contributed by atoms with Gasteiger partial charge in [-0.15, -0.1) is 0 Å². The molecular weight excluding hydrogens is 368 g/mol. The van der Waals surface area contributed by atoms with E-state index >= 15 is 0 Å². The van der Waals surface area contributed by atoms with Gasteiger partial charge >= 0.3 is 0 Å². The van der Waals surface area contributed by atoms with Crippen LogP contribution in [0.3, 0.4) is 0 Å². The first-order chi connectivity index (χ1) is 11.6. The van der Waals surface area contributed by atoms with Crippen LogP contribution in [0.5, 0.6) is 0 Å². The minimum atomic E-state index is -0.0706. The number of pyridine rings is 1. The lowest BCUT2D eigenvalue weighted by Gasteiger charge is -2.11. The van der Waals surface area contributed by atoms with E-state index in [1.165, 1.54) is 0 Å². The van der Waals surface area contributed by atoms with E-state index in [1.54, 1.807) is 0 Å². The van der Waals surface area contributed by atoms with E-state index < -0.39 is 0 Å². The van der Waals surface area contributed by atoms with Gasteiger partial charge in [-0.05, 0) is 50.5 Å². The van der Waals surface area contributed by atoms with Crippen LogP contribution in [-0.4, -0.2) is 30.1 Å². The van der Waals surface area contributed by atoms with E-state index in [0.29, 0.717) is 18.2 Å². The van der Waals surface area contributed by atoms with Crippen molar-refractivity contribution >= 4 is 21.8 Å². The molecule has 1 atom stereocenters. The maximum absolute atomic E-state index is 12.3. The number of aryl methyl sites for hydroxylation is 1. The number of amides is 1. The fourth-order valence-corrected chi connectivity index (χ4v) is 3.32. The molecule has 126 valence electrons. The zero-order valence-corrected chi connectivity index (χ0v) is 15.3. The Kier molecular flexibility index (Phi) is 5.63. The molecule has 1 saturated heterocycles. The summed E-state index contributed by atoms with van der Waals surface area (Å²) in [5, 5.41) is 2.97. The van der Waals surface area contributed by atoms with Gasteiger partial charge in [-0.2, -0.15) is 0 Å². The van der Waals surface area contributed by atoms with Gasteiger partial charge in [-0.25, -0.2) is 0 Å². The molecule has 0 bridgehead atoms. The second-order valence-corrected chi connectivity index (χ2v) is 6.94. The van der Waals surface area contributed by atoms with Crippen LogP contribution in [0.2, 0.25) is 0 Å². The highest BCUT2D eigenvalue weighted by Gasteiger charge is 2.16. The molecule has 1 N–H and O–H groups in total. The minimum absolute atomic E-state index is 0.0706. The van der Waals surface area contributed by atoms with Gasteiger partial charge in [0.2, 0.25) is 0 Å². The van der Waals surface area contributed by atoms with Crippen molar-refractivity contribution in [2.45, 2.75) is 32.3 Å². The summed E-state index contributed by atoms with van der Waals surface area (Å²) in [4.78, 5) is 16.9. The van der Waals surface area contributed by atoms with Crippen LogP contribution < -0.4 is 5.32 Å². The Morgan fingerprint density at radius 2 is 2.25 bits per heavy atom. The predicted molar refractivity (Wildman–Crippen MR) is 98.0 cm³/mol. The molecule has 0 saturated carbocycles. The number of hydrogen-bond acceptors (Lipinski definition) is 3. The molecule has 0 radical (unpaired) electrons. The largest absolute Gasteiger partial charge is 0.378 e. The molecule has 1 unspecified atom stereocenters. The summed E-state index contributed by atoms with van der Waals surface area (Å²) >= 11 is 3.47. The summed E-state index contributed by atoms with van der Waals surface area (Å²) in [6.07, 6.45) is 3.38. The number of carbonyl (C=O) groups is 1. The molecule has 4 nitrogen and oxygen atoms in total. The number of aromatic nitrogens is 1. The first kappa shape index (κ1) is 17.1. The molecule has 5 heteroatoms. The maximum Gasteiger partial charge on any atom is 0.253 e. The third-order valence-corrected chi connectivity index (χ3v) is 4.72. The van der Waals surface area contributed by atoms with E-state index in [0.717, 1.165) is 47.3 Å². The number of rotatable bonds is 5. The monoisotopic (exact) mass is 388 g/mol. The van der Waals surface area contributed by atoms with Crippen LogP contribution >= 0.6 is 15.9 Å². The third-order valence-electron chi connectivity index (χ3n) is 4.23. The lowest BCUT2D eigenvalue weighted by molar-refractivity contribution is 0.0906. The molecule has 1 aliphatic heterocycles. The van der Waals surface area contributed by atoms with Gasteiger partial charge in [0.25, 0.3) is 5.91 Å². The van der Waals surface area contributed by atoms with Crippen LogP contribution in [0.4, 0.5) is 0 Å². The Hall–Kier alpha value is -1.72. The normalized spacial score (nSPS) is 17.0. The number of carbonyl (C=O) groups excluding carboxylic acids is 1. The van der Waals surface area contributed by atoms with Crippen molar-refractivity contribution < 1.29 is 9.53 Å². The average Bonchev–Trinajstić information content (AvgIpc) is 3.08. The van der Waals surface area contributed by atoms with Crippen molar-refractivity contribution in [3.05, 3.63) is 52.1 Å². The SMILES string of the molecule is Cc1nc(-c2cccc(Br)c2)ccc1C(=O)NCCC1CCCO1. The van der Waals surface area contributed by atoms with E-state index in [2.05, 4.69) is 26.2 Å². The number of ether oxygens (including phenoxy) is 1. The Balaban J connectivity index is 1.64. The van der Waals surface area contributed by atoms with E-state index in [-0.39, 0.29) is 5.91 Å². The van der Waals surface area contributed by atoms with Crippen LogP contribution in [0.15, 0.2) is 40.9 Å². The lowest BCUT2D eigenvalue weighted by Crippen LogP contribution is -2.27. The number of nitrogens with zero attached hydrogens (tertiary/aromatic N) is 1. The van der Waals surface area contributed by atoms with Gasteiger partial charge in [0, 0.05) is 23.2 Å². The molecule has 2 aromatic rings. The first-order valence-electron chi connectivity index (χ1n) is 8.27. The van der Waals surface area contributed by atoms with Crippen LogP contribution in [0.1, 0.15) is 35.3 Å². The Morgan fingerprint density at radius 3 is 2.96 bits per heavy atom. The quantitative estimate of drug-likeness (QED) is 0.837. The number of nitrogens with one attached hydrogen (secondary N) is 1. The molecule has 2 heterocycles. The zero-order valence-electron chi connectivity index (χ0n) is 13.7. The summed E-state index contributed by atoms with van der Waals surface area (Å²) in [5.41, 5.74) is 3.26. The predicted octanol–water partition coefficient (Wildman–Crippen LogP) is 4.12. The topological polar surface area (TPSA) is 51.2 Å². The summed E-state index contributed by atoms with van der Waals surface area (Å²) < 4.78 is 6.58. The highest BCUT2D eigenvalue weighted by molar-refractivity contribution is 9.10. The van der Waals surface area contributed by atoms with E-state index in [9.17, 15) is 4.79 Å². The Labute approximate surface area is 150 Å². The fraction of sp³-hybridized carbons (Fsp3) is 0.368. The molecule has 1 amide bonds. The van der Waals surface area contributed by atoms with Crippen LogP contribution in [0.25, 0.3) is 11.3 Å². The van der Waals surface area contributed by atoms with Gasteiger partial charge in [0.15, 0.2) is 0 Å². The van der Waals surface area contributed by atoms with Crippen molar-refractivity contribution in [1.82, 2.24) is 10.3 Å². The van der Waals surface area contributed by atoms with Crippen molar-refractivity contribution in [2.24, 2.45) is 0 Å². The van der Waals surface area contributed by atoms with Gasteiger partial charge < -0.3 is 10.1 Å². The molecule has 0 spiro atoms. The second-order valence-electron chi connectivity index (χ2n) is 6.02. The first-order valence-corrected chi connectivity index (χ1v) is 9.06. The standard InChI is InChI=1S/C19H21BrN2O2/c1-13-17(19(23)21-10-9-16-6-3-11-24-16)7-8-18(22-13)14-4-2-5-15(20)12-14/h2,4-5,7-8,12,16H,3,6,9-11H2,1H3,(H,21,23). The summed E-state index contributed by atoms with van der Waals surface area (Å²) in [6, 6.07) is 11.7. The van der Waals surface area contributed by atoms with Gasteiger partial charge in [-0.1, -0.05) is 28.1 Å². The lowest BCUT2D eigenvalue weighted by atomic mass is 10.1. The van der Waals surface area contributed by atoms with E-state index in [4.69, 9.17) is 4.74 Å². The molecular formula is C19H21BrN2O2. The molecule has 1 fully saturated rings. The third kappa shape index (κ3) is 4.22. The Morgan fingerprint density at radius 1 is 1.38 bits per heavy atom. The number of hydrogen-bond donors (Lipinski definition) is 1. The molecule has 1 aromatic carbocycles. The van der Waals surface area contributed by atoms with Crippen molar-refractivity contribution in [1.29, 1.82) is 0 Å². The van der Waals surface area contributed by atoms with Gasteiger partial charge in [-0.3, -0.25) is 9.78 Å².